The number of rotatable bonds is 2. The molecular formula is C24H29N3O2. The number of hydrogen-bond acceptors (Lipinski definition) is 3. The molecule has 4 rings (SSSR count). The van der Waals surface area contributed by atoms with Crippen molar-refractivity contribution in [1.82, 2.24) is 4.90 Å². The van der Waals surface area contributed by atoms with Crippen LogP contribution in [0.25, 0.3) is 0 Å². The molecule has 2 amide bonds. The summed E-state index contributed by atoms with van der Waals surface area (Å²) in [6, 6.07) is 14.3. The number of fused-ring (bicyclic) bond motifs is 1. The van der Waals surface area contributed by atoms with E-state index in [1.807, 2.05) is 30.1 Å². The summed E-state index contributed by atoms with van der Waals surface area (Å²) in [5.41, 5.74) is 5.31. The maximum Gasteiger partial charge on any atom is 0.253 e. The Hall–Kier alpha value is -2.82. The van der Waals surface area contributed by atoms with Crippen molar-refractivity contribution in [3.8, 4) is 0 Å². The number of likely N-dealkylation sites (N-methyl/N-ethyl adjacent to an activating group) is 1. The SMILES string of the molecule is CN1C(=O)Cc2cc(N3CCN(C(=O)c4ccc(C(C)(C)C)cc4)CC3)ccc21. The van der Waals surface area contributed by atoms with Crippen molar-refractivity contribution in [2.45, 2.75) is 32.6 Å². The number of carbonyl (C=O) groups excluding carboxylic acids is 2. The van der Waals surface area contributed by atoms with Crippen LogP contribution in [0.2, 0.25) is 0 Å². The van der Waals surface area contributed by atoms with Gasteiger partial charge in [0.25, 0.3) is 5.91 Å². The lowest BCUT2D eigenvalue weighted by Gasteiger charge is -2.36. The molecule has 0 N–H and O–H groups in total. The lowest BCUT2D eigenvalue weighted by atomic mass is 9.86. The minimum atomic E-state index is 0.0858. The lowest BCUT2D eigenvalue weighted by Crippen LogP contribution is -2.48. The lowest BCUT2D eigenvalue weighted by molar-refractivity contribution is -0.117. The zero-order valence-electron chi connectivity index (χ0n) is 17.7. The van der Waals surface area contributed by atoms with E-state index in [0.29, 0.717) is 19.5 Å². The summed E-state index contributed by atoms with van der Waals surface area (Å²) in [5, 5.41) is 0. The molecule has 0 bridgehead atoms. The van der Waals surface area contributed by atoms with E-state index >= 15 is 0 Å². The number of benzene rings is 2. The number of hydrogen-bond donors (Lipinski definition) is 0. The maximum absolute atomic E-state index is 12.9. The summed E-state index contributed by atoms with van der Waals surface area (Å²) in [7, 11) is 1.83. The number of carbonyl (C=O) groups is 2. The van der Waals surface area contributed by atoms with Gasteiger partial charge >= 0.3 is 0 Å². The third-order valence-corrected chi connectivity index (χ3v) is 6.07. The highest BCUT2D eigenvalue weighted by Gasteiger charge is 2.27. The van der Waals surface area contributed by atoms with Crippen LogP contribution in [0.3, 0.4) is 0 Å². The van der Waals surface area contributed by atoms with Gasteiger partial charge in [-0.3, -0.25) is 9.59 Å². The smallest absolute Gasteiger partial charge is 0.253 e. The highest BCUT2D eigenvalue weighted by Crippen LogP contribution is 2.31. The molecule has 0 radical (unpaired) electrons. The second-order valence-corrected chi connectivity index (χ2v) is 9.05. The summed E-state index contributed by atoms with van der Waals surface area (Å²) in [4.78, 5) is 30.8. The topological polar surface area (TPSA) is 43.9 Å². The molecule has 2 aromatic rings. The fraction of sp³-hybridized carbons (Fsp3) is 0.417. The first-order valence-electron chi connectivity index (χ1n) is 10.3. The summed E-state index contributed by atoms with van der Waals surface area (Å²) >= 11 is 0. The third kappa shape index (κ3) is 3.74. The molecule has 1 saturated heterocycles. The molecular weight excluding hydrogens is 362 g/mol. The molecule has 5 heteroatoms. The summed E-state index contributed by atoms with van der Waals surface area (Å²) in [6.45, 7) is 9.54. The zero-order valence-corrected chi connectivity index (χ0v) is 17.7. The number of anilines is 2. The Labute approximate surface area is 172 Å². The van der Waals surface area contributed by atoms with Crippen molar-refractivity contribution >= 4 is 23.2 Å². The number of amides is 2. The van der Waals surface area contributed by atoms with Gasteiger partial charge < -0.3 is 14.7 Å². The predicted octanol–water partition coefficient (Wildman–Crippen LogP) is 3.47. The first kappa shape index (κ1) is 19.5. The van der Waals surface area contributed by atoms with E-state index in [1.165, 1.54) is 5.56 Å². The second-order valence-electron chi connectivity index (χ2n) is 9.05. The molecule has 0 spiro atoms. The van der Waals surface area contributed by atoms with Gasteiger partial charge in [-0.05, 0) is 46.9 Å². The van der Waals surface area contributed by atoms with Crippen LogP contribution in [0.5, 0.6) is 0 Å². The van der Waals surface area contributed by atoms with E-state index in [1.54, 1.807) is 4.90 Å². The molecule has 2 aromatic carbocycles. The van der Waals surface area contributed by atoms with Crippen molar-refractivity contribution in [1.29, 1.82) is 0 Å². The van der Waals surface area contributed by atoms with Crippen molar-refractivity contribution in [2.24, 2.45) is 0 Å². The van der Waals surface area contributed by atoms with Crippen molar-refractivity contribution in [3.05, 3.63) is 59.2 Å². The fourth-order valence-electron chi connectivity index (χ4n) is 4.12. The van der Waals surface area contributed by atoms with Gasteiger partial charge in [0.15, 0.2) is 0 Å². The summed E-state index contributed by atoms with van der Waals surface area (Å²) in [5.74, 6) is 0.247. The number of piperazine rings is 1. The highest BCUT2D eigenvalue weighted by atomic mass is 16.2. The molecule has 152 valence electrons. The van der Waals surface area contributed by atoms with Gasteiger partial charge in [-0.2, -0.15) is 0 Å². The van der Waals surface area contributed by atoms with Crippen LogP contribution in [0.1, 0.15) is 42.3 Å². The molecule has 0 aliphatic carbocycles. The van der Waals surface area contributed by atoms with Crippen LogP contribution in [0, 0.1) is 0 Å². The Kier molecular flexibility index (Phi) is 4.85. The molecule has 0 aromatic heterocycles. The molecule has 2 aliphatic rings. The van der Waals surface area contributed by atoms with Gasteiger partial charge in [0.2, 0.25) is 5.91 Å². The van der Waals surface area contributed by atoms with E-state index in [-0.39, 0.29) is 17.2 Å². The van der Waals surface area contributed by atoms with Crippen molar-refractivity contribution < 1.29 is 9.59 Å². The molecule has 0 unspecified atom stereocenters. The average molecular weight is 392 g/mol. The molecule has 29 heavy (non-hydrogen) atoms. The second kappa shape index (κ2) is 7.21. The first-order chi connectivity index (χ1) is 13.7. The monoisotopic (exact) mass is 391 g/mol. The maximum atomic E-state index is 12.9. The minimum Gasteiger partial charge on any atom is -0.368 e. The standard InChI is InChI=1S/C24H29N3O2/c1-24(2,3)19-7-5-17(6-8-19)23(29)27-13-11-26(12-14-27)20-9-10-21-18(15-20)16-22(28)25(21)4/h5-10,15H,11-14,16H2,1-4H3. The average Bonchev–Trinajstić information content (AvgIpc) is 3.00. The predicted molar refractivity (Wildman–Crippen MR) is 117 cm³/mol. The van der Waals surface area contributed by atoms with E-state index in [0.717, 1.165) is 35.6 Å². The Morgan fingerprint density at radius 2 is 1.59 bits per heavy atom. The third-order valence-electron chi connectivity index (χ3n) is 6.07. The molecule has 0 saturated carbocycles. The van der Waals surface area contributed by atoms with E-state index in [2.05, 4.69) is 49.9 Å². The van der Waals surface area contributed by atoms with Gasteiger partial charge in [-0.25, -0.2) is 0 Å². The zero-order chi connectivity index (χ0) is 20.8. The van der Waals surface area contributed by atoms with Crippen LogP contribution in [0.15, 0.2) is 42.5 Å². The Balaban J connectivity index is 1.40. The normalized spacial score (nSPS) is 17.0. The molecule has 2 aliphatic heterocycles. The molecule has 2 heterocycles. The van der Waals surface area contributed by atoms with Gasteiger partial charge in [0.1, 0.15) is 0 Å². The van der Waals surface area contributed by atoms with Crippen LogP contribution >= 0.6 is 0 Å². The summed E-state index contributed by atoms with van der Waals surface area (Å²) in [6.07, 6.45) is 0.475. The van der Waals surface area contributed by atoms with Crippen LogP contribution in [-0.4, -0.2) is 49.9 Å². The van der Waals surface area contributed by atoms with Gasteiger partial charge in [0.05, 0.1) is 6.42 Å². The molecule has 0 atom stereocenters. The molecule has 5 nitrogen and oxygen atoms in total. The van der Waals surface area contributed by atoms with Crippen molar-refractivity contribution in [3.63, 3.8) is 0 Å². The van der Waals surface area contributed by atoms with Crippen LogP contribution < -0.4 is 9.80 Å². The van der Waals surface area contributed by atoms with Crippen LogP contribution in [0.4, 0.5) is 11.4 Å². The summed E-state index contributed by atoms with van der Waals surface area (Å²) < 4.78 is 0. The van der Waals surface area contributed by atoms with Gasteiger partial charge in [0, 0.05) is 50.2 Å². The van der Waals surface area contributed by atoms with E-state index in [4.69, 9.17) is 0 Å². The van der Waals surface area contributed by atoms with E-state index in [9.17, 15) is 9.59 Å². The highest BCUT2D eigenvalue weighted by molar-refractivity contribution is 6.01. The van der Waals surface area contributed by atoms with E-state index < -0.39 is 0 Å². The Morgan fingerprint density at radius 3 is 2.21 bits per heavy atom. The largest absolute Gasteiger partial charge is 0.368 e. The van der Waals surface area contributed by atoms with Crippen LogP contribution in [-0.2, 0) is 16.6 Å². The first-order valence-corrected chi connectivity index (χ1v) is 10.3. The van der Waals surface area contributed by atoms with Crippen molar-refractivity contribution in [2.75, 3.05) is 43.0 Å². The Morgan fingerprint density at radius 1 is 0.931 bits per heavy atom. The quantitative estimate of drug-likeness (QED) is 0.787. The minimum absolute atomic E-state index is 0.0858. The van der Waals surface area contributed by atoms with Gasteiger partial charge in [-0.15, -0.1) is 0 Å². The number of nitrogens with zero attached hydrogens (tertiary/aromatic N) is 3. The Bertz CT molecular complexity index is 936. The fourth-order valence-corrected chi connectivity index (χ4v) is 4.12. The van der Waals surface area contributed by atoms with Gasteiger partial charge in [-0.1, -0.05) is 32.9 Å². The molecule has 1 fully saturated rings.